The lowest BCUT2D eigenvalue weighted by molar-refractivity contribution is 0.999. The highest BCUT2D eigenvalue weighted by molar-refractivity contribution is 7.03. The summed E-state index contributed by atoms with van der Waals surface area (Å²) in [4.78, 5) is 0. The number of aromatic amines is 1. The number of benzene rings is 1. The Kier molecular flexibility index (Phi) is 2.26. The summed E-state index contributed by atoms with van der Waals surface area (Å²) in [7, 11) is 0. The van der Waals surface area contributed by atoms with Gasteiger partial charge >= 0.3 is 0 Å². The molecule has 6 heteroatoms. The Hall–Kier alpha value is -1.95. The van der Waals surface area contributed by atoms with Gasteiger partial charge in [-0.25, -0.2) is 0 Å². The number of nitrogens with zero attached hydrogens (tertiary/aromatic N) is 3. The molecule has 2 N–H and O–H groups in total. The van der Waals surface area contributed by atoms with Crippen LogP contribution in [0.3, 0.4) is 0 Å². The molecule has 0 atom stereocenters. The summed E-state index contributed by atoms with van der Waals surface area (Å²) in [5.41, 5.74) is 3.00. The molecule has 3 rings (SSSR count). The highest BCUT2D eigenvalue weighted by Gasteiger charge is 2.02. The van der Waals surface area contributed by atoms with Crippen LogP contribution in [0.1, 0.15) is 5.69 Å². The van der Waals surface area contributed by atoms with Gasteiger partial charge in [0.1, 0.15) is 0 Å². The number of H-pyrrole nitrogens is 1. The third-order valence-electron chi connectivity index (χ3n) is 2.34. The molecule has 0 aliphatic carbocycles. The number of aromatic nitrogens is 4. The fourth-order valence-corrected chi connectivity index (χ4v) is 2.01. The zero-order valence-electron chi connectivity index (χ0n) is 8.34. The molecule has 0 radical (unpaired) electrons. The van der Waals surface area contributed by atoms with E-state index in [4.69, 9.17) is 0 Å². The van der Waals surface area contributed by atoms with Gasteiger partial charge in [-0.3, -0.25) is 5.10 Å². The highest BCUT2D eigenvalue weighted by atomic mass is 32.1. The van der Waals surface area contributed by atoms with Gasteiger partial charge in [0.15, 0.2) is 0 Å². The first-order chi connectivity index (χ1) is 7.93. The van der Waals surface area contributed by atoms with E-state index in [0.717, 1.165) is 22.3 Å². The molecule has 0 amide bonds. The number of para-hydroxylation sites is 1. The summed E-state index contributed by atoms with van der Waals surface area (Å²) in [5, 5.41) is 17.3. The summed E-state index contributed by atoms with van der Waals surface area (Å²) >= 11 is 1.36. The minimum atomic E-state index is 0.675. The molecule has 2 heterocycles. The van der Waals surface area contributed by atoms with Crippen molar-refractivity contribution in [1.29, 1.82) is 0 Å². The van der Waals surface area contributed by atoms with Crippen LogP contribution in [0.25, 0.3) is 10.9 Å². The molecule has 80 valence electrons. The molecule has 0 spiro atoms. The fourth-order valence-electron chi connectivity index (χ4n) is 1.56. The number of anilines is 1. The lowest BCUT2D eigenvalue weighted by Crippen LogP contribution is -2.00. The van der Waals surface area contributed by atoms with Crippen LogP contribution in [0.5, 0.6) is 0 Å². The van der Waals surface area contributed by atoms with E-state index in [0.29, 0.717) is 6.54 Å². The van der Waals surface area contributed by atoms with Crippen LogP contribution in [-0.2, 0) is 6.54 Å². The standard InChI is InChI=1S/C10H9N5S/c1-2-7-4-12-14-10(7)9(3-1)11-5-8-6-16-15-13-8/h1-4,6,11H,5H2,(H,12,14). The van der Waals surface area contributed by atoms with E-state index in [1.807, 2.05) is 29.8 Å². The van der Waals surface area contributed by atoms with Crippen LogP contribution in [0.2, 0.25) is 0 Å². The Bertz CT molecular complexity index is 586. The molecule has 0 saturated heterocycles. The van der Waals surface area contributed by atoms with Gasteiger partial charge in [0.2, 0.25) is 0 Å². The van der Waals surface area contributed by atoms with Gasteiger partial charge in [0.05, 0.1) is 29.6 Å². The molecular formula is C10H9N5S. The predicted octanol–water partition coefficient (Wildman–Crippen LogP) is 2.03. The van der Waals surface area contributed by atoms with Gasteiger partial charge in [-0.05, 0) is 17.6 Å². The topological polar surface area (TPSA) is 66.5 Å². The summed E-state index contributed by atoms with van der Waals surface area (Å²) < 4.78 is 3.82. The average Bonchev–Trinajstić information content (AvgIpc) is 2.97. The van der Waals surface area contributed by atoms with Crippen LogP contribution >= 0.6 is 11.5 Å². The molecule has 0 aliphatic rings. The van der Waals surface area contributed by atoms with Gasteiger partial charge in [0, 0.05) is 10.8 Å². The number of hydrogen-bond donors (Lipinski definition) is 2. The molecular weight excluding hydrogens is 222 g/mol. The maximum absolute atomic E-state index is 4.02. The SMILES string of the molecule is c1cc(NCc2csnn2)c2[nH]ncc2c1. The average molecular weight is 231 g/mol. The molecule has 0 saturated carbocycles. The van der Waals surface area contributed by atoms with Crippen molar-refractivity contribution in [2.45, 2.75) is 6.54 Å². The molecule has 0 aliphatic heterocycles. The van der Waals surface area contributed by atoms with Gasteiger partial charge < -0.3 is 5.32 Å². The number of hydrogen-bond acceptors (Lipinski definition) is 5. The Morgan fingerprint density at radius 2 is 2.38 bits per heavy atom. The number of rotatable bonds is 3. The molecule has 0 fully saturated rings. The third kappa shape index (κ3) is 1.63. The van der Waals surface area contributed by atoms with E-state index < -0.39 is 0 Å². The smallest absolute Gasteiger partial charge is 0.0946 e. The first kappa shape index (κ1) is 9.29. The Morgan fingerprint density at radius 3 is 3.25 bits per heavy atom. The predicted molar refractivity (Wildman–Crippen MR) is 63.3 cm³/mol. The molecule has 0 bridgehead atoms. The van der Waals surface area contributed by atoms with E-state index in [1.54, 1.807) is 0 Å². The first-order valence-corrected chi connectivity index (χ1v) is 5.69. The summed E-state index contributed by atoms with van der Waals surface area (Å²) in [5.74, 6) is 0. The third-order valence-corrected chi connectivity index (χ3v) is 2.90. The second-order valence-corrected chi connectivity index (χ2v) is 4.00. The lowest BCUT2D eigenvalue weighted by atomic mass is 10.2. The second kappa shape index (κ2) is 3.90. The van der Waals surface area contributed by atoms with E-state index in [1.165, 1.54) is 11.5 Å². The minimum Gasteiger partial charge on any atom is -0.378 e. The van der Waals surface area contributed by atoms with Gasteiger partial charge in [0.25, 0.3) is 0 Å². The Balaban J connectivity index is 1.86. The van der Waals surface area contributed by atoms with E-state index in [-0.39, 0.29) is 0 Å². The molecule has 1 aromatic carbocycles. The normalized spacial score (nSPS) is 10.8. The Morgan fingerprint density at radius 1 is 1.38 bits per heavy atom. The van der Waals surface area contributed by atoms with E-state index in [2.05, 4.69) is 25.1 Å². The van der Waals surface area contributed by atoms with Crippen LogP contribution in [0, 0.1) is 0 Å². The first-order valence-electron chi connectivity index (χ1n) is 4.85. The molecule has 3 aromatic rings. The van der Waals surface area contributed by atoms with E-state index in [9.17, 15) is 0 Å². The molecule has 5 nitrogen and oxygen atoms in total. The van der Waals surface area contributed by atoms with E-state index >= 15 is 0 Å². The zero-order chi connectivity index (χ0) is 10.8. The summed E-state index contributed by atoms with van der Waals surface area (Å²) in [6, 6.07) is 6.04. The fraction of sp³-hybridized carbons (Fsp3) is 0.100. The van der Waals surface area contributed by atoms with Crippen LogP contribution < -0.4 is 5.32 Å². The Labute approximate surface area is 95.7 Å². The van der Waals surface area contributed by atoms with Crippen LogP contribution in [0.15, 0.2) is 29.8 Å². The van der Waals surface area contributed by atoms with Crippen LogP contribution in [0.4, 0.5) is 5.69 Å². The van der Waals surface area contributed by atoms with Gasteiger partial charge in [-0.1, -0.05) is 16.6 Å². The van der Waals surface area contributed by atoms with Crippen molar-refractivity contribution in [3.8, 4) is 0 Å². The number of fused-ring (bicyclic) bond motifs is 1. The van der Waals surface area contributed by atoms with Gasteiger partial charge in [-0.15, -0.1) is 5.10 Å². The second-order valence-electron chi connectivity index (χ2n) is 3.39. The van der Waals surface area contributed by atoms with Crippen molar-refractivity contribution in [2.75, 3.05) is 5.32 Å². The molecule has 16 heavy (non-hydrogen) atoms. The maximum atomic E-state index is 4.02. The number of nitrogens with one attached hydrogen (secondary N) is 2. The van der Waals surface area contributed by atoms with Crippen molar-refractivity contribution in [2.24, 2.45) is 0 Å². The van der Waals surface area contributed by atoms with Crippen molar-refractivity contribution in [3.05, 3.63) is 35.5 Å². The van der Waals surface area contributed by atoms with Crippen molar-refractivity contribution in [1.82, 2.24) is 19.8 Å². The van der Waals surface area contributed by atoms with Crippen LogP contribution in [-0.4, -0.2) is 19.8 Å². The quantitative estimate of drug-likeness (QED) is 0.723. The summed E-state index contributed by atoms with van der Waals surface area (Å²) in [6.07, 6.45) is 1.81. The van der Waals surface area contributed by atoms with Gasteiger partial charge in [-0.2, -0.15) is 5.10 Å². The molecule has 0 unspecified atom stereocenters. The monoisotopic (exact) mass is 231 g/mol. The largest absolute Gasteiger partial charge is 0.378 e. The summed E-state index contributed by atoms with van der Waals surface area (Å²) in [6.45, 7) is 0.675. The molecule has 2 aromatic heterocycles. The van der Waals surface area contributed by atoms with Crippen molar-refractivity contribution in [3.63, 3.8) is 0 Å². The highest BCUT2D eigenvalue weighted by Crippen LogP contribution is 2.20. The zero-order valence-corrected chi connectivity index (χ0v) is 9.16. The van der Waals surface area contributed by atoms with Crippen molar-refractivity contribution >= 4 is 28.1 Å². The maximum Gasteiger partial charge on any atom is 0.0946 e. The lowest BCUT2D eigenvalue weighted by Gasteiger charge is -2.04. The minimum absolute atomic E-state index is 0.675. The van der Waals surface area contributed by atoms with Crippen molar-refractivity contribution < 1.29 is 0 Å².